The average molecular weight is 262 g/mol. The van der Waals surface area contributed by atoms with Crippen LogP contribution in [0.3, 0.4) is 0 Å². The van der Waals surface area contributed by atoms with E-state index in [0.29, 0.717) is 12.5 Å². The van der Waals surface area contributed by atoms with E-state index in [2.05, 4.69) is 4.98 Å². The van der Waals surface area contributed by atoms with E-state index in [1.165, 1.54) is 4.90 Å². The Morgan fingerprint density at radius 2 is 1.61 bits per heavy atom. The topological polar surface area (TPSA) is 16.1 Å². The summed E-state index contributed by atoms with van der Waals surface area (Å²) in [7, 11) is 0. The van der Waals surface area contributed by atoms with Gasteiger partial charge in [0, 0.05) is 12.6 Å². The fourth-order valence-corrected chi connectivity index (χ4v) is 2.47. The maximum absolute atomic E-state index is 13.6. The van der Waals surface area contributed by atoms with Crippen molar-refractivity contribution in [2.75, 3.05) is 11.4 Å². The highest BCUT2D eigenvalue weighted by Gasteiger charge is 2.31. The number of aromatic nitrogens is 1. The fraction of sp³-hybridized carbons (Fsp3) is 0.583. The number of halogens is 4. The van der Waals surface area contributed by atoms with Gasteiger partial charge in [0.2, 0.25) is 11.6 Å². The van der Waals surface area contributed by atoms with E-state index in [1.807, 2.05) is 6.92 Å². The van der Waals surface area contributed by atoms with Crippen LogP contribution in [0, 0.1) is 29.4 Å². The first-order valence-corrected chi connectivity index (χ1v) is 5.88. The van der Waals surface area contributed by atoms with Crippen LogP contribution in [0.25, 0.3) is 0 Å². The van der Waals surface area contributed by atoms with Crippen LogP contribution in [0.1, 0.15) is 26.7 Å². The van der Waals surface area contributed by atoms with E-state index in [9.17, 15) is 17.6 Å². The molecule has 2 heterocycles. The Balaban J connectivity index is 2.44. The molecule has 1 fully saturated rings. The van der Waals surface area contributed by atoms with Gasteiger partial charge in [0.15, 0.2) is 0 Å². The molecule has 1 aliphatic rings. The van der Waals surface area contributed by atoms with Crippen molar-refractivity contribution in [2.24, 2.45) is 5.92 Å². The summed E-state index contributed by atoms with van der Waals surface area (Å²) in [6.45, 7) is 4.19. The van der Waals surface area contributed by atoms with Gasteiger partial charge >= 0.3 is 0 Å². The molecule has 1 saturated heterocycles. The average Bonchev–Trinajstić information content (AvgIpc) is 2.29. The molecule has 0 aliphatic carbocycles. The summed E-state index contributed by atoms with van der Waals surface area (Å²) in [5.74, 6) is -5.62. The number of hydrogen-bond donors (Lipinski definition) is 0. The Bertz CT molecular complexity index is 438. The molecule has 0 radical (unpaired) electrons. The van der Waals surface area contributed by atoms with Crippen LogP contribution in [-0.2, 0) is 0 Å². The van der Waals surface area contributed by atoms with Crippen molar-refractivity contribution in [3.63, 3.8) is 0 Å². The largest absolute Gasteiger partial charge is 0.364 e. The molecular weight excluding hydrogens is 248 g/mol. The third kappa shape index (κ3) is 2.15. The molecule has 0 N–H and O–H groups in total. The zero-order valence-corrected chi connectivity index (χ0v) is 10.2. The zero-order chi connectivity index (χ0) is 13.4. The lowest BCUT2D eigenvalue weighted by atomic mass is 9.93. The molecule has 0 bridgehead atoms. The van der Waals surface area contributed by atoms with Gasteiger partial charge in [-0.1, -0.05) is 6.92 Å². The van der Waals surface area contributed by atoms with Crippen molar-refractivity contribution in [1.29, 1.82) is 0 Å². The van der Waals surface area contributed by atoms with Crippen molar-refractivity contribution in [2.45, 2.75) is 32.7 Å². The third-order valence-corrected chi connectivity index (χ3v) is 3.40. The van der Waals surface area contributed by atoms with Gasteiger partial charge in [-0.25, -0.2) is 0 Å². The van der Waals surface area contributed by atoms with Crippen molar-refractivity contribution in [3.8, 4) is 0 Å². The molecule has 1 aromatic heterocycles. The quantitative estimate of drug-likeness (QED) is 0.570. The van der Waals surface area contributed by atoms with E-state index in [1.54, 1.807) is 6.92 Å². The van der Waals surface area contributed by atoms with Crippen LogP contribution in [-0.4, -0.2) is 17.6 Å². The Morgan fingerprint density at radius 1 is 1.06 bits per heavy atom. The SMILES string of the molecule is CC1CCN(c2c(F)c(F)nc(F)c2F)C(C)C1. The molecule has 6 heteroatoms. The number of piperidine rings is 1. The zero-order valence-electron chi connectivity index (χ0n) is 10.2. The normalized spacial score (nSPS) is 24.4. The number of anilines is 1. The monoisotopic (exact) mass is 262 g/mol. The van der Waals surface area contributed by atoms with E-state index < -0.39 is 29.2 Å². The smallest absolute Gasteiger partial charge is 0.253 e. The van der Waals surface area contributed by atoms with Gasteiger partial charge in [-0.2, -0.15) is 22.5 Å². The first kappa shape index (κ1) is 13.1. The van der Waals surface area contributed by atoms with Gasteiger partial charge in [0.05, 0.1) is 0 Å². The number of pyridine rings is 1. The van der Waals surface area contributed by atoms with E-state index in [-0.39, 0.29) is 6.04 Å². The molecule has 1 aliphatic heterocycles. The first-order chi connectivity index (χ1) is 8.41. The standard InChI is InChI=1S/C12H14F4N2/c1-6-3-4-18(7(2)5-6)10-8(13)11(15)17-12(16)9(10)14/h6-7H,3-5H2,1-2H3. The summed E-state index contributed by atoms with van der Waals surface area (Å²) in [5, 5.41) is 0. The van der Waals surface area contributed by atoms with E-state index >= 15 is 0 Å². The van der Waals surface area contributed by atoms with Crippen molar-refractivity contribution in [1.82, 2.24) is 4.98 Å². The minimum atomic E-state index is -1.60. The lowest BCUT2D eigenvalue weighted by Crippen LogP contribution is -2.41. The molecule has 2 nitrogen and oxygen atoms in total. The predicted molar refractivity (Wildman–Crippen MR) is 59.3 cm³/mol. The van der Waals surface area contributed by atoms with Crippen LogP contribution in [0.2, 0.25) is 0 Å². The second kappa shape index (κ2) is 4.74. The Hall–Kier alpha value is -1.33. The van der Waals surface area contributed by atoms with Gasteiger partial charge in [0.1, 0.15) is 5.69 Å². The summed E-state index contributed by atoms with van der Waals surface area (Å²) >= 11 is 0. The summed E-state index contributed by atoms with van der Waals surface area (Å²) in [4.78, 5) is 3.93. The van der Waals surface area contributed by atoms with Gasteiger partial charge in [-0.3, -0.25) is 0 Å². The molecule has 0 saturated carbocycles. The van der Waals surface area contributed by atoms with Crippen molar-refractivity contribution in [3.05, 3.63) is 23.5 Å². The van der Waals surface area contributed by atoms with Crippen LogP contribution in [0.15, 0.2) is 0 Å². The number of hydrogen-bond acceptors (Lipinski definition) is 2. The predicted octanol–water partition coefficient (Wildman–Crippen LogP) is 3.26. The summed E-state index contributed by atoms with van der Waals surface area (Å²) in [5.41, 5.74) is -0.639. The molecule has 0 aromatic carbocycles. The Kier molecular flexibility index (Phi) is 3.45. The van der Waals surface area contributed by atoms with Crippen LogP contribution < -0.4 is 4.90 Å². The lowest BCUT2D eigenvalue weighted by molar-refractivity contribution is 0.357. The maximum atomic E-state index is 13.6. The molecule has 2 unspecified atom stereocenters. The fourth-order valence-electron chi connectivity index (χ4n) is 2.47. The van der Waals surface area contributed by atoms with Crippen LogP contribution in [0.4, 0.5) is 23.2 Å². The van der Waals surface area contributed by atoms with Crippen LogP contribution in [0.5, 0.6) is 0 Å². The maximum Gasteiger partial charge on any atom is 0.253 e. The van der Waals surface area contributed by atoms with Gasteiger partial charge < -0.3 is 4.90 Å². The molecule has 18 heavy (non-hydrogen) atoms. The van der Waals surface area contributed by atoms with Gasteiger partial charge in [-0.15, -0.1) is 0 Å². The lowest BCUT2D eigenvalue weighted by Gasteiger charge is -2.38. The Labute approximate surface area is 103 Å². The Morgan fingerprint density at radius 3 is 2.11 bits per heavy atom. The third-order valence-electron chi connectivity index (χ3n) is 3.40. The summed E-state index contributed by atoms with van der Waals surface area (Å²) in [6.07, 6.45) is 1.46. The summed E-state index contributed by atoms with van der Waals surface area (Å²) < 4.78 is 53.3. The highest BCUT2D eigenvalue weighted by atomic mass is 19.2. The van der Waals surface area contributed by atoms with Gasteiger partial charge in [-0.05, 0) is 25.7 Å². The molecule has 1 aromatic rings. The molecule has 100 valence electrons. The van der Waals surface area contributed by atoms with Gasteiger partial charge in [0.25, 0.3) is 11.9 Å². The van der Waals surface area contributed by atoms with E-state index in [0.717, 1.165) is 12.8 Å². The first-order valence-electron chi connectivity index (χ1n) is 5.88. The minimum absolute atomic E-state index is 0.168. The second-order valence-corrected chi connectivity index (χ2v) is 4.84. The van der Waals surface area contributed by atoms with E-state index in [4.69, 9.17) is 0 Å². The highest BCUT2D eigenvalue weighted by molar-refractivity contribution is 5.49. The van der Waals surface area contributed by atoms with Crippen molar-refractivity contribution < 1.29 is 17.6 Å². The molecule has 0 spiro atoms. The van der Waals surface area contributed by atoms with Crippen LogP contribution >= 0.6 is 0 Å². The molecule has 2 rings (SSSR count). The minimum Gasteiger partial charge on any atom is -0.364 e. The number of rotatable bonds is 1. The summed E-state index contributed by atoms with van der Waals surface area (Å²) in [6, 6.07) is -0.168. The van der Waals surface area contributed by atoms with Crippen molar-refractivity contribution >= 4 is 5.69 Å². The number of nitrogens with zero attached hydrogens (tertiary/aromatic N) is 2. The molecule has 2 atom stereocenters. The highest BCUT2D eigenvalue weighted by Crippen LogP contribution is 2.32. The molecule has 0 amide bonds. The second-order valence-electron chi connectivity index (χ2n) is 4.84. The molecular formula is C12H14F4N2.